The predicted octanol–water partition coefficient (Wildman–Crippen LogP) is 2.37. The minimum atomic E-state index is -0.559. The van der Waals surface area contributed by atoms with Crippen LogP contribution in [-0.2, 0) is 0 Å². The topological polar surface area (TPSA) is 98.7 Å². The molecule has 0 unspecified atom stereocenters. The maximum atomic E-state index is 12.6. The summed E-state index contributed by atoms with van der Waals surface area (Å²) in [5.74, 6) is -1.39. The van der Waals surface area contributed by atoms with E-state index < -0.39 is 11.8 Å². The molecule has 116 valence electrons. The van der Waals surface area contributed by atoms with Crippen LogP contribution in [0.15, 0.2) is 36.5 Å². The van der Waals surface area contributed by atoms with Crippen molar-refractivity contribution in [3.8, 4) is 11.8 Å². The molecule has 0 bridgehead atoms. The Kier molecular flexibility index (Phi) is 2.85. The Morgan fingerprint density at radius 1 is 1.17 bits per heavy atom. The summed E-state index contributed by atoms with van der Waals surface area (Å²) in [5.41, 5.74) is 0.688. The van der Waals surface area contributed by atoms with Gasteiger partial charge in [-0.3, -0.25) is 9.59 Å². The summed E-state index contributed by atoms with van der Waals surface area (Å²) in [5, 5.41) is 23.3. The van der Waals surface area contributed by atoms with E-state index in [-0.39, 0.29) is 38.8 Å². The number of fused-ring (bicyclic) bond motifs is 2. The molecule has 2 aromatic heterocycles. The van der Waals surface area contributed by atoms with Crippen LogP contribution in [0, 0.1) is 11.3 Å². The van der Waals surface area contributed by atoms with E-state index in [4.69, 9.17) is 11.6 Å². The third-order valence-corrected chi connectivity index (χ3v) is 4.05. The van der Waals surface area contributed by atoms with Gasteiger partial charge in [-0.05, 0) is 12.1 Å². The summed E-state index contributed by atoms with van der Waals surface area (Å²) in [7, 11) is 0. The highest BCUT2D eigenvalue weighted by Crippen LogP contribution is 2.34. The maximum Gasteiger partial charge on any atom is 0.267 e. The van der Waals surface area contributed by atoms with Crippen LogP contribution in [0.4, 0.5) is 5.82 Å². The van der Waals surface area contributed by atoms with Crippen molar-refractivity contribution in [3.63, 3.8) is 0 Å². The summed E-state index contributed by atoms with van der Waals surface area (Å²) < 4.78 is 1.18. The third-order valence-electron chi connectivity index (χ3n) is 3.77. The molecule has 7 nitrogen and oxygen atoms in total. The van der Waals surface area contributed by atoms with Gasteiger partial charge in [0, 0.05) is 6.07 Å². The van der Waals surface area contributed by atoms with E-state index in [1.165, 1.54) is 28.9 Å². The van der Waals surface area contributed by atoms with Crippen molar-refractivity contribution in [3.05, 3.63) is 58.2 Å². The summed E-state index contributed by atoms with van der Waals surface area (Å²) in [6.07, 6.45) is 1.24. The van der Waals surface area contributed by atoms with E-state index in [2.05, 4.69) is 5.10 Å². The number of hydrogen-bond donors (Lipinski definition) is 1. The Labute approximate surface area is 139 Å². The second-order valence-corrected chi connectivity index (χ2v) is 5.55. The van der Waals surface area contributed by atoms with Crippen LogP contribution in [0.25, 0.3) is 5.52 Å². The molecule has 4 rings (SSSR count). The first-order valence-electron chi connectivity index (χ1n) is 6.81. The van der Waals surface area contributed by atoms with E-state index in [0.29, 0.717) is 0 Å². The molecule has 1 aliphatic rings. The summed E-state index contributed by atoms with van der Waals surface area (Å²) in [6.45, 7) is 0. The van der Waals surface area contributed by atoms with Gasteiger partial charge in [0.15, 0.2) is 5.82 Å². The Hall–Kier alpha value is -3.37. The number of carbonyl (C=O) groups excluding carboxylic acids is 2. The fourth-order valence-electron chi connectivity index (χ4n) is 2.75. The number of benzene rings is 1. The van der Waals surface area contributed by atoms with Gasteiger partial charge in [0.1, 0.15) is 22.9 Å². The van der Waals surface area contributed by atoms with Crippen molar-refractivity contribution in [2.24, 2.45) is 0 Å². The predicted molar refractivity (Wildman–Crippen MR) is 84.2 cm³/mol. The van der Waals surface area contributed by atoms with Crippen molar-refractivity contribution in [2.45, 2.75) is 0 Å². The highest BCUT2D eigenvalue weighted by atomic mass is 35.5. The van der Waals surface area contributed by atoms with Gasteiger partial charge < -0.3 is 5.11 Å². The molecular weight excluding hydrogens is 332 g/mol. The summed E-state index contributed by atoms with van der Waals surface area (Å²) in [6, 6.07) is 9.56. The van der Waals surface area contributed by atoms with Gasteiger partial charge in [-0.25, -0.2) is 9.42 Å². The molecule has 0 spiro atoms. The van der Waals surface area contributed by atoms with E-state index in [1.807, 2.05) is 6.07 Å². The van der Waals surface area contributed by atoms with Crippen molar-refractivity contribution >= 4 is 34.7 Å². The third kappa shape index (κ3) is 1.74. The minimum Gasteiger partial charge on any atom is -0.506 e. The van der Waals surface area contributed by atoms with Crippen LogP contribution in [0.1, 0.15) is 26.3 Å². The quantitative estimate of drug-likeness (QED) is 0.687. The maximum absolute atomic E-state index is 12.6. The van der Waals surface area contributed by atoms with Gasteiger partial charge in [-0.1, -0.05) is 23.7 Å². The number of nitrogens with zero attached hydrogens (tertiary/aromatic N) is 4. The molecule has 0 saturated carbocycles. The minimum absolute atomic E-state index is 0.0190. The van der Waals surface area contributed by atoms with Crippen LogP contribution < -0.4 is 4.90 Å². The van der Waals surface area contributed by atoms with Crippen LogP contribution in [0.5, 0.6) is 5.75 Å². The van der Waals surface area contributed by atoms with Crippen LogP contribution >= 0.6 is 11.6 Å². The Bertz CT molecular complexity index is 1060. The number of amides is 2. The Morgan fingerprint density at radius 3 is 2.38 bits per heavy atom. The lowest BCUT2D eigenvalue weighted by atomic mass is 10.1. The first kappa shape index (κ1) is 14.2. The Balaban J connectivity index is 1.99. The molecule has 1 aromatic carbocycles. The summed E-state index contributed by atoms with van der Waals surface area (Å²) in [4.78, 5) is 26.0. The fourth-order valence-corrected chi connectivity index (χ4v) is 3.04. The largest absolute Gasteiger partial charge is 0.506 e. The molecule has 8 heteroatoms. The number of aromatic hydroxyl groups is 1. The van der Waals surface area contributed by atoms with E-state index >= 15 is 0 Å². The second-order valence-electron chi connectivity index (χ2n) is 5.14. The van der Waals surface area contributed by atoms with Crippen molar-refractivity contribution in [1.82, 2.24) is 9.61 Å². The number of hydrogen-bond acceptors (Lipinski definition) is 5. The van der Waals surface area contributed by atoms with Gasteiger partial charge in [0.25, 0.3) is 11.8 Å². The van der Waals surface area contributed by atoms with E-state index in [9.17, 15) is 20.0 Å². The zero-order valence-electron chi connectivity index (χ0n) is 11.9. The zero-order valence-corrected chi connectivity index (χ0v) is 12.7. The molecule has 1 aliphatic heterocycles. The van der Waals surface area contributed by atoms with E-state index in [1.54, 1.807) is 12.1 Å². The second kappa shape index (κ2) is 4.81. The number of pyridine rings is 1. The number of rotatable bonds is 1. The first-order valence-corrected chi connectivity index (χ1v) is 7.19. The highest BCUT2D eigenvalue weighted by Gasteiger charge is 2.39. The molecule has 2 amide bonds. The van der Waals surface area contributed by atoms with Gasteiger partial charge >= 0.3 is 0 Å². The smallest absolute Gasteiger partial charge is 0.267 e. The number of imide groups is 1. The molecule has 3 aromatic rings. The molecule has 0 saturated heterocycles. The number of aromatic nitrogens is 2. The van der Waals surface area contributed by atoms with Crippen molar-refractivity contribution in [2.75, 3.05) is 4.90 Å². The zero-order chi connectivity index (χ0) is 17.0. The SMILES string of the molecule is N#Cc1c(N2C(=O)c3ccccc3C2=O)nn2cc(O)cc(Cl)c12. The monoisotopic (exact) mass is 338 g/mol. The molecule has 0 atom stereocenters. The number of carbonyl (C=O) groups is 2. The molecule has 0 aliphatic carbocycles. The average molecular weight is 339 g/mol. The van der Waals surface area contributed by atoms with Crippen LogP contribution in [-0.4, -0.2) is 26.5 Å². The van der Waals surface area contributed by atoms with Crippen LogP contribution in [0.3, 0.4) is 0 Å². The van der Waals surface area contributed by atoms with Crippen LogP contribution in [0.2, 0.25) is 5.02 Å². The summed E-state index contributed by atoms with van der Waals surface area (Å²) >= 11 is 6.07. The average Bonchev–Trinajstić information content (AvgIpc) is 3.03. The van der Waals surface area contributed by atoms with Gasteiger partial charge in [-0.2, -0.15) is 5.26 Å². The van der Waals surface area contributed by atoms with Crippen molar-refractivity contribution < 1.29 is 14.7 Å². The molecule has 0 fully saturated rings. The van der Waals surface area contributed by atoms with Crippen molar-refractivity contribution in [1.29, 1.82) is 5.26 Å². The number of nitriles is 1. The highest BCUT2D eigenvalue weighted by molar-refractivity contribution is 6.36. The number of anilines is 1. The van der Waals surface area contributed by atoms with E-state index in [0.717, 1.165) is 4.90 Å². The Morgan fingerprint density at radius 2 is 1.79 bits per heavy atom. The standard InChI is InChI=1S/C16H7ClN4O3/c17-12-5-8(22)7-20-13(12)11(6-18)14(19-20)21-15(23)9-3-1-2-4-10(9)16(21)24/h1-5,7,22H. The lowest BCUT2D eigenvalue weighted by Gasteiger charge is -2.10. The molecule has 24 heavy (non-hydrogen) atoms. The molecule has 0 radical (unpaired) electrons. The molecular formula is C16H7ClN4O3. The van der Waals surface area contributed by atoms with Gasteiger partial charge in [0.2, 0.25) is 0 Å². The molecule has 3 heterocycles. The fraction of sp³-hybridized carbons (Fsp3) is 0. The lowest BCUT2D eigenvalue weighted by Crippen LogP contribution is -2.30. The van der Waals surface area contributed by atoms with Gasteiger partial charge in [-0.15, -0.1) is 5.10 Å². The first-order chi connectivity index (χ1) is 11.5. The van der Waals surface area contributed by atoms with Gasteiger partial charge in [0.05, 0.1) is 22.3 Å². The number of halogens is 1. The lowest BCUT2D eigenvalue weighted by molar-refractivity contribution is 0.0925. The molecule has 1 N–H and O–H groups in total. The normalized spacial score (nSPS) is 13.4.